The largest absolute Gasteiger partial charge is 0.364 e. The van der Waals surface area contributed by atoms with Gasteiger partial charge in [-0.3, -0.25) is 14.4 Å². The fraction of sp³-hybridized carbons (Fsp3) is 0.645. The molecule has 5 amide bonds. The number of fused-ring (bicyclic) bond motifs is 1. The van der Waals surface area contributed by atoms with Crippen LogP contribution < -0.4 is 26.6 Å². The Hall–Kier alpha value is -3.12. The van der Waals surface area contributed by atoms with Crippen LogP contribution in [-0.2, 0) is 30.5 Å². The number of urea groups is 1. The van der Waals surface area contributed by atoms with Crippen LogP contribution in [0.1, 0.15) is 71.3 Å². The number of thioether (sulfide) groups is 1. The summed E-state index contributed by atoms with van der Waals surface area (Å²) in [4.78, 5) is 61.0. The van der Waals surface area contributed by atoms with Crippen LogP contribution in [0.25, 0.3) is 0 Å². The van der Waals surface area contributed by atoms with Gasteiger partial charge in [0.2, 0.25) is 17.7 Å². The molecule has 43 heavy (non-hydrogen) atoms. The van der Waals surface area contributed by atoms with Crippen LogP contribution in [0.2, 0.25) is 0 Å². The maximum Gasteiger partial charge on any atom is 0.315 e. The van der Waals surface area contributed by atoms with Crippen molar-refractivity contribution in [3.63, 3.8) is 0 Å². The zero-order valence-corrected chi connectivity index (χ0v) is 26.3. The number of ether oxygens (including phenoxy) is 1. The Kier molecular flexibility index (Phi) is 14.3. The molecular formula is C31H47N5O6S. The molecule has 2 saturated heterocycles. The molecule has 6 atom stereocenters. The third-order valence-corrected chi connectivity index (χ3v) is 9.30. The molecule has 2 aliphatic heterocycles. The second-order valence-electron chi connectivity index (χ2n) is 11.6. The van der Waals surface area contributed by atoms with Gasteiger partial charge in [0, 0.05) is 24.0 Å². The zero-order valence-electron chi connectivity index (χ0n) is 25.4. The van der Waals surface area contributed by atoms with E-state index >= 15 is 0 Å². The van der Waals surface area contributed by atoms with Gasteiger partial charge in [-0.2, -0.15) is 11.8 Å². The molecule has 0 saturated carbocycles. The van der Waals surface area contributed by atoms with E-state index in [2.05, 4.69) is 26.6 Å². The molecule has 0 aromatic heterocycles. The number of unbranched alkanes of at least 4 members (excludes halogenated alkanes) is 2. The average Bonchev–Trinajstić information content (AvgIpc) is 3.55. The highest BCUT2D eigenvalue weighted by Gasteiger charge is 2.42. The van der Waals surface area contributed by atoms with Crippen LogP contribution >= 0.6 is 11.8 Å². The topological polar surface area (TPSA) is 155 Å². The predicted octanol–water partition coefficient (Wildman–Crippen LogP) is 2.43. The quantitative estimate of drug-likeness (QED) is 0.0908. The first-order valence-corrected chi connectivity index (χ1v) is 16.4. The molecule has 12 heteroatoms. The van der Waals surface area contributed by atoms with E-state index in [1.807, 2.05) is 55.9 Å². The number of nitrogens with one attached hydrogen (secondary N) is 5. The van der Waals surface area contributed by atoms with Gasteiger partial charge >= 0.3 is 6.03 Å². The summed E-state index contributed by atoms with van der Waals surface area (Å²) in [5.41, 5.74) is 0.945. The van der Waals surface area contributed by atoms with E-state index in [1.54, 1.807) is 6.92 Å². The minimum Gasteiger partial charge on any atom is -0.364 e. The van der Waals surface area contributed by atoms with Gasteiger partial charge in [-0.25, -0.2) is 4.79 Å². The van der Waals surface area contributed by atoms with Crippen LogP contribution in [0.5, 0.6) is 0 Å². The smallest absolute Gasteiger partial charge is 0.315 e. The normalized spacial score (nSPS) is 21.2. The van der Waals surface area contributed by atoms with Gasteiger partial charge in [-0.05, 0) is 50.5 Å². The molecule has 1 aromatic rings. The van der Waals surface area contributed by atoms with Crippen molar-refractivity contribution in [1.82, 2.24) is 26.6 Å². The van der Waals surface area contributed by atoms with Crippen LogP contribution in [0, 0.1) is 5.92 Å². The predicted molar refractivity (Wildman–Crippen MR) is 166 cm³/mol. The first-order chi connectivity index (χ1) is 20.7. The maximum absolute atomic E-state index is 12.9. The molecule has 2 aliphatic rings. The first kappa shape index (κ1) is 34.4. The zero-order chi connectivity index (χ0) is 31.2. The van der Waals surface area contributed by atoms with Gasteiger partial charge in [0.05, 0.1) is 24.7 Å². The molecule has 2 heterocycles. The summed E-state index contributed by atoms with van der Waals surface area (Å²) in [6.45, 7) is 6.08. The SMILES string of the molecule is CC(OCc1ccccc1)C(=O)N[C@H](C(=O)N[C@H](C=O)CCCCNC(=O)CCCC[C@@H]1SC[C@@H]2NC(=O)N[C@@H]21)C(C)C. The fourth-order valence-corrected chi connectivity index (χ4v) is 6.75. The summed E-state index contributed by atoms with van der Waals surface area (Å²) in [6, 6.07) is 8.35. The van der Waals surface area contributed by atoms with Crippen molar-refractivity contribution in [1.29, 1.82) is 0 Å². The summed E-state index contributed by atoms with van der Waals surface area (Å²) < 4.78 is 5.67. The van der Waals surface area contributed by atoms with Crippen molar-refractivity contribution in [2.75, 3.05) is 12.3 Å². The van der Waals surface area contributed by atoms with E-state index < -0.39 is 30.0 Å². The van der Waals surface area contributed by atoms with Crippen LogP contribution in [0.3, 0.4) is 0 Å². The Bertz CT molecular complexity index is 1070. The Morgan fingerprint density at radius 3 is 2.51 bits per heavy atom. The third-order valence-electron chi connectivity index (χ3n) is 7.80. The summed E-state index contributed by atoms with van der Waals surface area (Å²) in [5.74, 6) is -0.0637. The van der Waals surface area contributed by atoms with Crippen molar-refractivity contribution < 1.29 is 28.7 Å². The fourth-order valence-electron chi connectivity index (χ4n) is 5.20. The van der Waals surface area contributed by atoms with E-state index in [1.165, 1.54) is 0 Å². The van der Waals surface area contributed by atoms with Crippen LogP contribution in [0.4, 0.5) is 4.79 Å². The molecular weight excluding hydrogens is 570 g/mol. The molecule has 1 aromatic carbocycles. The lowest BCUT2D eigenvalue weighted by atomic mass is 10.0. The number of carbonyl (C=O) groups excluding carboxylic acids is 5. The Labute approximate surface area is 258 Å². The lowest BCUT2D eigenvalue weighted by Crippen LogP contribution is -2.54. The van der Waals surface area contributed by atoms with Gasteiger partial charge in [-0.1, -0.05) is 50.6 Å². The first-order valence-electron chi connectivity index (χ1n) is 15.3. The summed E-state index contributed by atoms with van der Waals surface area (Å²) in [6.07, 6.45) is 4.89. The number of hydrogen-bond donors (Lipinski definition) is 5. The monoisotopic (exact) mass is 617 g/mol. The van der Waals surface area contributed by atoms with E-state index in [0.717, 1.165) is 30.6 Å². The van der Waals surface area contributed by atoms with Gasteiger partial charge in [0.15, 0.2) is 0 Å². The summed E-state index contributed by atoms with van der Waals surface area (Å²) in [5, 5.41) is 14.8. The molecule has 0 bridgehead atoms. The van der Waals surface area contributed by atoms with Gasteiger partial charge in [0.25, 0.3) is 0 Å². The number of rotatable bonds is 19. The number of benzene rings is 1. The highest BCUT2D eigenvalue weighted by molar-refractivity contribution is 8.00. The van der Waals surface area contributed by atoms with Gasteiger partial charge in [0.1, 0.15) is 18.4 Å². The summed E-state index contributed by atoms with van der Waals surface area (Å²) in [7, 11) is 0. The molecule has 5 N–H and O–H groups in total. The second-order valence-corrected chi connectivity index (χ2v) is 12.9. The van der Waals surface area contributed by atoms with Crippen molar-refractivity contribution in [3.05, 3.63) is 35.9 Å². The number of aldehydes is 1. The van der Waals surface area contributed by atoms with Crippen molar-refractivity contribution in [3.8, 4) is 0 Å². The van der Waals surface area contributed by atoms with Gasteiger partial charge in [-0.15, -0.1) is 0 Å². The summed E-state index contributed by atoms with van der Waals surface area (Å²) >= 11 is 1.88. The third kappa shape index (κ3) is 11.5. The second kappa shape index (κ2) is 17.9. The molecule has 0 aliphatic carbocycles. The molecule has 0 radical (unpaired) electrons. The molecule has 11 nitrogen and oxygen atoms in total. The highest BCUT2D eigenvalue weighted by Crippen LogP contribution is 2.33. The highest BCUT2D eigenvalue weighted by atomic mass is 32.2. The maximum atomic E-state index is 12.9. The standard InChI is InChI=1S/C31H47N5O6S/c1-20(2)27(35-29(39)21(3)42-18-22-11-5-4-6-12-22)30(40)33-23(17-37)13-9-10-16-32-26(38)15-8-7-14-25-28-24(19-43-25)34-31(41)36-28/h4-6,11-12,17,20-21,23-25,27-28H,7-10,13-16,18-19H2,1-3H3,(H,32,38)(H,33,40)(H,35,39)(H2,34,36,41)/t21?,23-,24-,25-,27-,28-/m0/s1. The average molecular weight is 618 g/mol. The van der Waals surface area contributed by atoms with Crippen molar-refractivity contribution in [2.24, 2.45) is 5.92 Å². The van der Waals surface area contributed by atoms with E-state index in [9.17, 15) is 24.0 Å². The molecule has 2 fully saturated rings. The molecule has 1 unspecified atom stereocenters. The number of carbonyl (C=O) groups is 5. The van der Waals surface area contributed by atoms with Crippen LogP contribution in [-0.4, -0.2) is 77.9 Å². The van der Waals surface area contributed by atoms with E-state index in [-0.39, 0.29) is 36.5 Å². The lowest BCUT2D eigenvalue weighted by molar-refractivity contribution is -0.137. The van der Waals surface area contributed by atoms with E-state index in [4.69, 9.17) is 4.74 Å². The van der Waals surface area contributed by atoms with Crippen LogP contribution in [0.15, 0.2) is 30.3 Å². The Morgan fingerprint density at radius 1 is 1.02 bits per heavy atom. The van der Waals surface area contributed by atoms with Gasteiger partial charge < -0.3 is 36.1 Å². The minimum atomic E-state index is -0.806. The van der Waals surface area contributed by atoms with Crippen molar-refractivity contribution in [2.45, 2.75) is 108 Å². The Morgan fingerprint density at radius 2 is 1.79 bits per heavy atom. The molecule has 0 spiro atoms. The molecule has 3 rings (SSSR count). The number of amides is 5. The van der Waals surface area contributed by atoms with Crippen molar-refractivity contribution >= 4 is 41.8 Å². The molecule has 238 valence electrons. The number of hydrogen-bond acceptors (Lipinski definition) is 7. The van der Waals surface area contributed by atoms with E-state index in [0.29, 0.717) is 43.8 Å². The minimum absolute atomic E-state index is 0.00511. The Balaban J connectivity index is 1.27. The lowest BCUT2D eigenvalue weighted by Gasteiger charge is -2.25.